The predicted molar refractivity (Wildman–Crippen MR) is 75.0 cm³/mol. The minimum absolute atomic E-state index is 0.000579. The quantitative estimate of drug-likeness (QED) is 0.896. The standard InChI is InChI=1S/C14H22N4O3/c1-6-14(5)13(20)18(7-10-15-9(4)17-21-10)11(8(2)3)12(19)16-14/h8,11H,6-7H2,1-5H3,(H,16,19). The summed E-state index contributed by atoms with van der Waals surface area (Å²) in [6.45, 7) is 9.33. The molecule has 1 saturated heterocycles. The second-order valence-electron chi connectivity index (χ2n) is 6.03. The van der Waals surface area contributed by atoms with Gasteiger partial charge in [-0.05, 0) is 26.2 Å². The number of rotatable bonds is 4. The summed E-state index contributed by atoms with van der Waals surface area (Å²) in [4.78, 5) is 30.8. The van der Waals surface area contributed by atoms with Crippen molar-refractivity contribution >= 4 is 11.8 Å². The summed E-state index contributed by atoms with van der Waals surface area (Å²) in [6.07, 6.45) is 0.530. The van der Waals surface area contributed by atoms with Crippen LogP contribution in [-0.4, -0.2) is 38.4 Å². The summed E-state index contributed by atoms with van der Waals surface area (Å²) in [5.41, 5.74) is -0.877. The number of piperazine rings is 1. The molecule has 21 heavy (non-hydrogen) atoms. The largest absolute Gasteiger partial charge is 0.340 e. The van der Waals surface area contributed by atoms with Gasteiger partial charge in [0.05, 0.1) is 0 Å². The molecule has 0 bridgehead atoms. The number of aryl methyl sites for hydroxylation is 1. The number of nitrogens with zero attached hydrogens (tertiary/aromatic N) is 3. The van der Waals surface area contributed by atoms with Gasteiger partial charge in [0.15, 0.2) is 5.82 Å². The Hall–Kier alpha value is -1.92. The van der Waals surface area contributed by atoms with Crippen molar-refractivity contribution < 1.29 is 14.1 Å². The molecule has 2 unspecified atom stereocenters. The summed E-state index contributed by atoms with van der Waals surface area (Å²) < 4.78 is 5.09. The van der Waals surface area contributed by atoms with Crippen molar-refractivity contribution in [3.63, 3.8) is 0 Å². The van der Waals surface area contributed by atoms with E-state index in [-0.39, 0.29) is 24.3 Å². The summed E-state index contributed by atoms with van der Waals surface area (Å²) in [7, 11) is 0. The van der Waals surface area contributed by atoms with Crippen LogP contribution >= 0.6 is 0 Å². The second kappa shape index (κ2) is 5.46. The molecule has 1 aromatic heterocycles. The topological polar surface area (TPSA) is 88.3 Å². The summed E-state index contributed by atoms with van der Waals surface area (Å²) >= 11 is 0. The molecular weight excluding hydrogens is 272 g/mol. The average Bonchev–Trinajstić information content (AvgIpc) is 2.80. The van der Waals surface area contributed by atoms with Gasteiger partial charge in [0.25, 0.3) is 0 Å². The highest BCUT2D eigenvalue weighted by atomic mass is 16.5. The first kappa shape index (κ1) is 15.5. The zero-order chi connectivity index (χ0) is 15.8. The molecule has 1 aliphatic heterocycles. The van der Waals surface area contributed by atoms with E-state index >= 15 is 0 Å². The van der Waals surface area contributed by atoms with Crippen LogP contribution in [0.1, 0.15) is 45.8 Å². The van der Waals surface area contributed by atoms with Crippen molar-refractivity contribution in [2.45, 2.75) is 59.2 Å². The molecule has 0 aromatic carbocycles. The summed E-state index contributed by atoms with van der Waals surface area (Å²) in [6, 6.07) is -0.524. The van der Waals surface area contributed by atoms with E-state index in [0.717, 1.165) is 0 Å². The number of hydrogen-bond donors (Lipinski definition) is 1. The SMILES string of the molecule is CCC1(C)NC(=O)C(C(C)C)N(Cc2nc(C)no2)C1=O. The first-order chi connectivity index (χ1) is 9.78. The van der Waals surface area contributed by atoms with Crippen LogP contribution in [0.2, 0.25) is 0 Å². The Morgan fingerprint density at radius 1 is 1.43 bits per heavy atom. The Kier molecular flexibility index (Phi) is 4.02. The lowest BCUT2D eigenvalue weighted by molar-refractivity contribution is -0.157. The van der Waals surface area contributed by atoms with Gasteiger partial charge in [-0.3, -0.25) is 9.59 Å². The predicted octanol–water partition coefficient (Wildman–Crippen LogP) is 1.03. The van der Waals surface area contributed by atoms with Gasteiger partial charge in [0.1, 0.15) is 18.1 Å². The van der Waals surface area contributed by atoms with Crippen LogP contribution in [0.3, 0.4) is 0 Å². The summed E-state index contributed by atoms with van der Waals surface area (Å²) in [5.74, 6) is 0.613. The lowest BCUT2D eigenvalue weighted by atomic mass is 9.88. The van der Waals surface area contributed by atoms with Gasteiger partial charge in [-0.1, -0.05) is 25.9 Å². The lowest BCUT2D eigenvalue weighted by Gasteiger charge is -2.45. The van der Waals surface area contributed by atoms with Crippen LogP contribution in [0.5, 0.6) is 0 Å². The molecule has 7 nitrogen and oxygen atoms in total. The van der Waals surface area contributed by atoms with Gasteiger partial charge in [-0.2, -0.15) is 4.98 Å². The van der Waals surface area contributed by atoms with Crippen LogP contribution in [0.4, 0.5) is 0 Å². The fraction of sp³-hybridized carbons (Fsp3) is 0.714. The minimum atomic E-state index is -0.877. The van der Waals surface area contributed by atoms with Crippen LogP contribution in [0.15, 0.2) is 4.52 Å². The number of aromatic nitrogens is 2. The smallest absolute Gasteiger partial charge is 0.249 e. The van der Waals surface area contributed by atoms with Gasteiger partial charge in [0, 0.05) is 0 Å². The number of amides is 2. The zero-order valence-corrected chi connectivity index (χ0v) is 13.1. The van der Waals surface area contributed by atoms with E-state index in [1.165, 1.54) is 0 Å². The zero-order valence-electron chi connectivity index (χ0n) is 13.1. The first-order valence-electron chi connectivity index (χ1n) is 7.20. The van der Waals surface area contributed by atoms with Gasteiger partial charge in [-0.15, -0.1) is 0 Å². The number of hydrogen-bond acceptors (Lipinski definition) is 5. The average molecular weight is 294 g/mol. The Balaban J connectivity index is 2.34. The lowest BCUT2D eigenvalue weighted by Crippen LogP contribution is -2.69. The highest BCUT2D eigenvalue weighted by Crippen LogP contribution is 2.26. The number of carbonyl (C=O) groups excluding carboxylic acids is 2. The van der Waals surface area contributed by atoms with E-state index in [4.69, 9.17) is 4.52 Å². The molecule has 1 aromatic rings. The molecule has 0 aliphatic carbocycles. The number of carbonyl (C=O) groups is 2. The number of nitrogens with one attached hydrogen (secondary N) is 1. The normalized spacial score (nSPS) is 26.4. The molecule has 2 heterocycles. The monoisotopic (exact) mass is 294 g/mol. The minimum Gasteiger partial charge on any atom is -0.340 e. The van der Waals surface area contributed by atoms with Crippen molar-refractivity contribution in [1.82, 2.24) is 20.4 Å². The van der Waals surface area contributed by atoms with E-state index in [2.05, 4.69) is 15.5 Å². The molecule has 0 saturated carbocycles. The molecule has 1 aliphatic rings. The molecule has 7 heteroatoms. The van der Waals surface area contributed by atoms with E-state index < -0.39 is 11.6 Å². The van der Waals surface area contributed by atoms with Crippen molar-refractivity contribution in [3.05, 3.63) is 11.7 Å². The van der Waals surface area contributed by atoms with Crippen molar-refractivity contribution in [3.8, 4) is 0 Å². The highest BCUT2D eigenvalue weighted by molar-refractivity contribution is 5.99. The van der Waals surface area contributed by atoms with Gasteiger partial charge in [0.2, 0.25) is 17.7 Å². The second-order valence-corrected chi connectivity index (χ2v) is 6.03. The molecular formula is C14H22N4O3. The van der Waals surface area contributed by atoms with Gasteiger partial charge < -0.3 is 14.7 Å². The maximum Gasteiger partial charge on any atom is 0.249 e. The molecule has 2 atom stereocenters. The van der Waals surface area contributed by atoms with Crippen molar-refractivity contribution in [2.75, 3.05) is 0 Å². The third-order valence-corrected chi connectivity index (χ3v) is 3.95. The van der Waals surface area contributed by atoms with Crippen LogP contribution < -0.4 is 5.32 Å². The van der Waals surface area contributed by atoms with Gasteiger partial charge >= 0.3 is 0 Å². The Morgan fingerprint density at radius 3 is 2.57 bits per heavy atom. The molecule has 1 N–H and O–H groups in total. The Morgan fingerprint density at radius 2 is 2.10 bits per heavy atom. The molecule has 0 spiro atoms. The summed E-state index contributed by atoms with van der Waals surface area (Å²) in [5, 5.41) is 6.58. The van der Waals surface area contributed by atoms with Crippen LogP contribution in [0, 0.1) is 12.8 Å². The third kappa shape index (κ3) is 2.77. The van der Waals surface area contributed by atoms with Crippen LogP contribution in [0.25, 0.3) is 0 Å². The van der Waals surface area contributed by atoms with Crippen molar-refractivity contribution in [2.24, 2.45) is 5.92 Å². The Bertz CT molecular complexity index is 554. The molecule has 0 radical (unpaired) electrons. The molecule has 2 rings (SSSR count). The van der Waals surface area contributed by atoms with E-state index in [9.17, 15) is 9.59 Å². The maximum absolute atomic E-state index is 12.8. The van der Waals surface area contributed by atoms with Gasteiger partial charge in [-0.25, -0.2) is 0 Å². The van der Waals surface area contributed by atoms with Crippen molar-refractivity contribution in [1.29, 1.82) is 0 Å². The molecule has 2 amide bonds. The van der Waals surface area contributed by atoms with E-state index in [1.54, 1.807) is 18.7 Å². The Labute approximate surface area is 124 Å². The first-order valence-corrected chi connectivity index (χ1v) is 7.20. The fourth-order valence-electron chi connectivity index (χ4n) is 2.61. The van der Waals surface area contributed by atoms with E-state index in [1.807, 2.05) is 20.8 Å². The van der Waals surface area contributed by atoms with E-state index in [0.29, 0.717) is 18.1 Å². The third-order valence-electron chi connectivity index (χ3n) is 3.95. The molecule has 116 valence electrons. The highest BCUT2D eigenvalue weighted by Gasteiger charge is 2.48. The fourth-order valence-corrected chi connectivity index (χ4v) is 2.61. The maximum atomic E-state index is 12.8. The van der Waals surface area contributed by atoms with Crippen LogP contribution in [-0.2, 0) is 16.1 Å². The molecule has 1 fully saturated rings.